The van der Waals surface area contributed by atoms with Crippen molar-refractivity contribution in [2.45, 2.75) is 46.2 Å². The molecule has 0 bridgehead atoms. The van der Waals surface area contributed by atoms with E-state index in [2.05, 4.69) is 10.6 Å². The fourth-order valence-corrected chi connectivity index (χ4v) is 1.61. The van der Waals surface area contributed by atoms with Gasteiger partial charge in [-0.15, -0.1) is 0 Å². The number of nitrogens with one attached hydrogen (secondary N) is 2. The Morgan fingerprint density at radius 1 is 1.11 bits per heavy atom. The third-order valence-corrected chi connectivity index (χ3v) is 2.80. The van der Waals surface area contributed by atoms with Crippen LogP contribution in [0.4, 0.5) is 4.79 Å². The summed E-state index contributed by atoms with van der Waals surface area (Å²) in [4.78, 5) is 35.8. The Bertz CT molecular complexity index is 329. The number of hydrogen-bond acceptors (Lipinski definition) is 3. The van der Waals surface area contributed by atoms with Crippen LogP contribution < -0.4 is 10.6 Å². The number of nitrogens with zero attached hydrogens (tertiary/aromatic N) is 1. The third-order valence-electron chi connectivity index (χ3n) is 2.80. The fraction of sp³-hybridized carbons (Fsp3) is 0.750. The quantitative estimate of drug-likeness (QED) is 0.625. The summed E-state index contributed by atoms with van der Waals surface area (Å²) in [5.41, 5.74) is 0. The molecule has 0 aliphatic heterocycles. The lowest BCUT2D eigenvalue weighted by molar-refractivity contribution is -0.139. The number of carboxylic acids is 1. The number of hydrogen-bond donors (Lipinski definition) is 3. The smallest absolute Gasteiger partial charge is 0.326 e. The van der Waals surface area contributed by atoms with Gasteiger partial charge >= 0.3 is 12.0 Å². The Morgan fingerprint density at radius 2 is 1.63 bits per heavy atom. The standard InChI is InChI=1S/C12H23N3O4/c1-5-9(11(17)18)14-12(19)13-8(4)10(16)15(6-2)7-3/h8-9H,5-7H2,1-4H3,(H,17,18)(H2,13,14,19)/t8?,9-/m1/s1. The summed E-state index contributed by atoms with van der Waals surface area (Å²) < 4.78 is 0. The lowest BCUT2D eigenvalue weighted by atomic mass is 10.2. The second kappa shape index (κ2) is 8.34. The number of rotatable bonds is 7. The predicted octanol–water partition coefficient (Wildman–Crippen LogP) is 0.406. The van der Waals surface area contributed by atoms with Gasteiger partial charge in [0, 0.05) is 13.1 Å². The van der Waals surface area contributed by atoms with E-state index < -0.39 is 24.1 Å². The topological polar surface area (TPSA) is 98.7 Å². The highest BCUT2D eigenvalue weighted by Gasteiger charge is 2.22. The van der Waals surface area contributed by atoms with Crippen LogP contribution in [0.5, 0.6) is 0 Å². The van der Waals surface area contributed by atoms with Crippen molar-refractivity contribution in [3.63, 3.8) is 0 Å². The van der Waals surface area contributed by atoms with Crippen LogP contribution in [0.15, 0.2) is 0 Å². The minimum atomic E-state index is -1.10. The molecular formula is C12H23N3O4. The number of amides is 3. The Hall–Kier alpha value is -1.79. The van der Waals surface area contributed by atoms with E-state index in [0.717, 1.165) is 0 Å². The highest BCUT2D eigenvalue weighted by atomic mass is 16.4. The molecule has 7 nitrogen and oxygen atoms in total. The van der Waals surface area contributed by atoms with Gasteiger partial charge < -0.3 is 20.6 Å². The zero-order chi connectivity index (χ0) is 15.0. The number of carbonyl (C=O) groups is 3. The van der Waals surface area contributed by atoms with Gasteiger partial charge in [-0.3, -0.25) is 4.79 Å². The minimum absolute atomic E-state index is 0.191. The van der Waals surface area contributed by atoms with Crippen LogP contribution in [0, 0.1) is 0 Å². The molecule has 0 aliphatic rings. The first-order valence-corrected chi connectivity index (χ1v) is 6.45. The molecule has 0 radical (unpaired) electrons. The first-order valence-electron chi connectivity index (χ1n) is 6.45. The number of likely N-dealkylation sites (N-methyl/N-ethyl adjacent to an activating group) is 1. The molecule has 0 aliphatic carbocycles. The molecule has 0 saturated heterocycles. The Kier molecular flexibility index (Phi) is 7.55. The third kappa shape index (κ3) is 5.58. The molecule has 2 atom stereocenters. The molecule has 0 aromatic rings. The van der Waals surface area contributed by atoms with Crippen LogP contribution in [-0.4, -0.2) is 53.1 Å². The van der Waals surface area contributed by atoms with Crippen LogP contribution in [-0.2, 0) is 9.59 Å². The maximum atomic E-state index is 11.9. The molecule has 0 heterocycles. The van der Waals surface area contributed by atoms with Gasteiger partial charge in [0.15, 0.2) is 0 Å². The number of carboxylic acid groups (broad SMARTS) is 1. The van der Waals surface area contributed by atoms with E-state index >= 15 is 0 Å². The maximum absolute atomic E-state index is 11.9. The van der Waals surface area contributed by atoms with Gasteiger partial charge in [-0.2, -0.15) is 0 Å². The maximum Gasteiger partial charge on any atom is 0.326 e. The zero-order valence-corrected chi connectivity index (χ0v) is 11.9. The molecule has 1 unspecified atom stereocenters. The van der Waals surface area contributed by atoms with Gasteiger partial charge in [0.2, 0.25) is 5.91 Å². The van der Waals surface area contributed by atoms with Gasteiger partial charge in [0.25, 0.3) is 0 Å². The minimum Gasteiger partial charge on any atom is -0.480 e. The molecule has 3 N–H and O–H groups in total. The van der Waals surface area contributed by atoms with E-state index in [0.29, 0.717) is 13.1 Å². The number of urea groups is 1. The largest absolute Gasteiger partial charge is 0.480 e. The molecule has 3 amide bonds. The van der Waals surface area contributed by atoms with E-state index in [-0.39, 0.29) is 12.3 Å². The SMILES string of the molecule is CC[C@@H](NC(=O)NC(C)C(=O)N(CC)CC)C(=O)O. The Balaban J connectivity index is 4.40. The van der Waals surface area contributed by atoms with Gasteiger partial charge in [-0.05, 0) is 27.2 Å². The van der Waals surface area contributed by atoms with Gasteiger partial charge in [-0.1, -0.05) is 6.92 Å². The van der Waals surface area contributed by atoms with Gasteiger partial charge in [0.05, 0.1) is 0 Å². The zero-order valence-electron chi connectivity index (χ0n) is 11.9. The molecule has 0 spiro atoms. The Morgan fingerprint density at radius 3 is 2.00 bits per heavy atom. The molecule has 110 valence electrons. The van der Waals surface area contributed by atoms with Crippen molar-refractivity contribution in [2.24, 2.45) is 0 Å². The average molecular weight is 273 g/mol. The average Bonchev–Trinajstić information content (AvgIpc) is 2.36. The predicted molar refractivity (Wildman–Crippen MR) is 70.8 cm³/mol. The number of aliphatic carboxylic acids is 1. The fourth-order valence-electron chi connectivity index (χ4n) is 1.61. The van der Waals surface area contributed by atoms with Crippen molar-refractivity contribution >= 4 is 17.9 Å². The summed E-state index contributed by atoms with van der Waals surface area (Å²) in [7, 11) is 0. The van der Waals surface area contributed by atoms with Crippen molar-refractivity contribution in [1.29, 1.82) is 0 Å². The molecule has 0 aromatic heterocycles. The van der Waals surface area contributed by atoms with Crippen LogP contribution in [0.25, 0.3) is 0 Å². The summed E-state index contributed by atoms with van der Waals surface area (Å²) in [5.74, 6) is -1.29. The summed E-state index contributed by atoms with van der Waals surface area (Å²) in [6.45, 7) is 8.06. The second-order valence-electron chi connectivity index (χ2n) is 4.15. The van der Waals surface area contributed by atoms with E-state index in [9.17, 15) is 14.4 Å². The highest BCUT2D eigenvalue weighted by molar-refractivity contribution is 5.88. The molecular weight excluding hydrogens is 250 g/mol. The van der Waals surface area contributed by atoms with E-state index in [1.165, 1.54) is 0 Å². The molecule has 0 fully saturated rings. The Labute approximate surface area is 113 Å². The molecule has 0 aromatic carbocycles. The monoisotopic (exact) mass is 273 g/mol. The molecule has 0 rings (SSSR count). The van der Waals surface area contributed by atoms with Crippen molar-refractivity contribution in [3.8, 4) is 0 Å². The van der Waals surface area contributed by atoms with E-state index in [1.807, 2.05) is 13.8 Å². The van der Waals surface area contributed by atoms with Crippen LogP contribution in [0.2, 0.25) is 0 Å². The van der Waals surface area contributed by atoms with Crippen molar-refractivity contribution < 1.29 is 19.5 Å². The normalized spacial score (nSPS) is 13.3. The van der Waals surface area contributed by atoms with E-state index in [1.54, 1.807) is 18.7 Å². The second-order valence-corrected chi connectivity index (χ2v) is 4.15. The van der Waals surface area contributed by atoms with Gasteiger partial charge in [-0.25, -0.2) is 9.59 Å². The highest BCUT2D eigenvalue weighted by Crippen LogP contribution is 1.96. The molecule has 19 heavy (non-hydrogen) atoms. The van der Waals surface area contributed by atoms with Crippen molar-refractivity contribution in [1.82, 2.24) is 15.5 Å². The first kappa shape index (κ1) is 17.2. The van der Waals surface area contributed by atoms with E-state index in [4.69, 9.17) is 5.11 Å². The van der Waals surface area contributed by atoms with Crippen molar-refractivity contribution in [3.05, 3.63) is 0 Å². The first-order chi connectivity index (χ1) is 8.87. The van der Waals surface area contributed by atoms with Crippen LogP contribution in [0.3, 0.4) is 0 Å². The van der Waals surface area contributed by atoms with Gasteiger partial charge in [0.1, 0.15) is 12.1 Å². The lowest BCUT2D eigenvalue weighted by Gasteiger charge is -2.24. The summed E-state index contributed by atoms with van der Waals surface area (Å²) >= 11 is 0. The summed E-state index contributed by atoms with van der Waals surface area (Å²) in [6, 6.07) is -2.29. The van der Waals surface area contributed by atoms with Crippen LogP contribution >= 0.6 is 0 Å². The summed E-state index contributed by atoms with van der Waals surface area (Å²) in [5, 5.41) is 13.6. The molecule has 7 heteroatoms. The lowest BCUT2D eigenvalue weighted by Crippen LogP contribution is -2.52. The van der Waals surface area contributed by atoms with Crippen LogP contribution in [0.1, 0.15) is 34.1 Å². The molecule has 0 saturated carbocycles. The number of carbonyl (C=O) groups excluding carboxylic acids is 2. The van der Waals surface area contributed by atoms with Crippen molar-refractivity contribution in [2.75, 3.05) is 13.1 Å². The summed E-state index contributed by atoms with van der Waals surface area (Å²) in [6.07, 6.45) is 0.279.